The fourth-order valence-corrected chi connectivity index (χ4v) is 1.48. The topological polar surface area (TPSA) is 9.23 Å². The molecule has 0 atom stereocenters. The fraction of sp³-hybridized carbons (Fsp3) is 0.333. The van der Waals surface area contributed by atoms with E-state index in [2.05, 4.69) is 15.9 Å². The molecule has 12 heavy (non-hydrogen) atoms. The minimum atomic E-state index is -0.458. The van der Waals surface area contributed by atoms with Crippen LogP contribution in [0.1, 0.15) is 5.56 Å². The average Bonchev–Trinajstić information content (AvgIpc) is 2.03. The number of ether oxygens (including phenoxy) is 1. The Morgan fingerprint density at radius 1 is 1.50 bits per heavy atom. The second-order valence-corrected chi connectivity index (χ2v) is 3.33. The highest BCUT2D eigenvalue weighted by atomic mass is 79.9. The number of aryl methyl sites for hydroxylation is 1. The Morgan fingerprint density at radius 2 is 2.25 bits per heavy atom. The predicted molar refractivity (Wildman–Crippen MR) is 50.3 cm³/mol. The summed E-state index contributed by atoms with van der Waals surface area (Å²) >= 11 is 3.33. The van der Waals surface area contributed by atoms with Crippen LogP contribution in [0.4, 0.5) is 4.39 Å². The molecule has 3 heteroatoms. The molecule has 0 aliphatic carbocycles. The molecule has 1 rings (SSSR count). The van der Waals surface area contributed by atoms with Gasteiger partial charge in [0.05, 0.1) is 4.47 Å². The van der Waals surface area contributed by atoms with Gasteiger partial charge in [-0.25, -0.2) is 4.39 Å². The SMILES string of the molecule is Cc1ccc(OCCF)c(Br)c1. The Morgan fingerprint density at radius 3 is 2.83 bits per heavy atom. The van der Waals surface area contributed by atoms with E-state index >= 15 is 0 Å². The summed E-state index contributed by atoms with van der Waals surface area (Å²) in [5.41, 5.74) is 1.15. The van der Waals surface area contributed by atoms with Gasteiger partial charge in [-0.1, -0.05) is 6.07 Å². The third-order valence-corrected chi connectivity index (χ3v) is 2.04. The van der Waals surface area contributed by atoms with Crippen LogP contribution in [0.15, 0.2) is 22.7 Å². The molecule has 0 bridgehead atoms. The summed E-state index contributed by atoms with van der Waals surface area (Å²) in [6.07, 6.45) is 0. The van der Waals surface area contributed by atoms with Crippen molar-refractivity contribution in [3.05, 3.63) is 28.2 Å². The van der Waals surface area contributed by atoms with E-state index in [1.54, 1.807) is 0 Å². The van der Waals surface area contributed by atoms with Gasteiger partial charge in [-0.2, -0.15) is 0 Å². The standard InChI is InChI=1S/C9H10BrFO/c1-7-2-3-9(8(10)6-7)12-5-4-11/h2-3,6H,4-5H2,1H3. The van der Waals surface area contributed by atoms with Crippen LogP contribution in [-0.4, -0.2) is 13.3 Å². The molecule has 0 saturated carbocycles. The number of rotatable bonds is 3. The van der Waals surface area contributed by atoms with Gasteiger partial charge in [0.1, 0.15) is 19.0 Å². The Kier molecular flexibility index (Phi) is 3.53. The van der Waals surface area contributed by atoms with Crippen LogP contribution in [0.2, 0.25) is 0 Å². The Hall–Kier alpha value is -0.570. The number of hydrogen-bond donors (Lipinski definition) is 0. The normalized spacial score (nSPS) is 9.92. The summed E-state index contributed by atoms with van der Waals surface area (Å²) in [5.74, 6) is 0.693. The molecule has 66 valence electrons. The molecular weight excluding hydrogens is 223 g/mol. The Balaban J connectivity index is 2.72. The maximum atomic E-state index is 11.7. The van der Waals surface area contributed by atoms with Crippen LogP contribution in [-0.2, 0) is 0 Å². The van der Waals surface area contributed by atoms with Crippen LogP contribution in [0.5, 0.6) is 5.75 Å². The van der Waals surface area contributed by atoms with Crippen LogP contribution >= 0.6 is 15.9 Å². The van der Waals surface area contributed by atoms with E-state index in [0.717, 1.165) is 10.0 Å². The maximum Gasteiger partial charge on any atom is 0.133 e. The van der Waals surface area contributed by atoms with Crippen molar-refractivity contribution < 1.29 is 9.13 Å². The van der Waals surface area contributed by atoms with Gasteiger partial charge in [0.25, 0.3) is 0 Å². The first-order chi connectivity index (χ1) is 5.74. The quantitative estimate of drug-likeness (QED) is 0.779. The van der Waals surface area contributed by atoms with Gasteiger partial charge in [-0.3, -0.25) is 0 Å². The van der Waals surface area contributed by atoms with Gasteiger partial charge in [-0.15, -0.1) is 0 Å². The lowest BCUT2D eigenvalue weighted by atomic mass is 10.2. The first-order valence-electron chi connectivity index (χ1n) is 3.69. The van der Waals surface area contributed by atoms with E-state index in [4.69, 9.17) is 4.74 Å². The number of halogens is 2. The highest BCUT2D eigenvalue weighted by Gasteiger charge is 1.99. The predicted octanol–water partition coefficient (Wildman–Crippen LogP) is 3.11. The van der Waals surface area contributed by atoms with Gasteiger partial charge in [0.2, 0.25) is 0 Å². The average molecular weight is 233 g/mol. The molecule has 0 aliphatic heterocycles. The maximum absolute atomic E-state index is 11.7. The van der Waals surface area contributed by atoms with E-state index in [-0.39, 0.29) is 6.61 Å². The molecule has 0 N–H and O–H groups in total. The second kappa shape index (κ2) is 4.45. The minimum Gasteiger partial charge on any atom is -0.490 e. The smallest absolute Gasteiger partial charge is 0.133 e. The van der Waals surface area contributed by atoms with E-state index in [0.29, 0.717) is 5.75 Å². The summed E-state index contributed by atoms with van der Waals surface area (Å²) in [6.45, 7) is 1.64. The summed E-state index contributed by atoms with van der Waals surface area (Å²) in [6, 6.07) is 5.70. The van der Waals surface area contributed by atoms with E-state index < -0.39 is 6.67 Å². The molecule has 0 amide bonds. The molecular formula is C9H10BrFO. The molecule has 1 aromatic rings. The van der Waals surface area contributed by atoms with Crippen molar-refractivity contribution in [3.8, 4) is 5.75 Å². The summed E-state index contributed by atoms with van der Waals surface area (Å²) in [7, 11) is 0. The summed E-state index contributed by atoms with van der Waals surface area (Å²) in [4.78, 5) is 0. The summed E-state index contributed by atoms with van der Waals surface area (Å²) < 4.78 is 17.7. The van der Waals surface area contributed by atoms with Gasteiger partial charge < -0.3 is 4.74 Å². The van der Waals surface area contributed by atoms with E-state index in [1.165, 1.54) is 0 Å². The van der Waals surface area contributed by atoms with Crippen molar-refractivity contribution in [1.29, 1.82) is 0 Å². The Bertz CT molecular complexity index is 263. The molecule has 0 fully saturated rings. The van der Waals surface area contributed by atoms with E-state index in [9.17, 15) is 4.39 Å². The van der Waals surface area contributed by atoms with Gasteiger partial charge in [0.15, 0.2) is 0 Å². The zero-order chi connectivity index (χ0) is 8.97. The zero-order valence-corrected chi connectivity index (χ0v) is 8.40. The highest BCUT2D eigenvalue weighted by Crippen LogP contribution is 2.25. The third-order valence-electron chi connectivity index (χ3n) is 1.42. The number of alkyl halides is 1. The lowest BCUT2D eigenvalue weighted by Gasteiger charge is -2.05. The van der Waals surface area contributed by atoms with Crippen molar-refractivity contribution in [2.45, 2.75) is 6.92 Å². The first-order valence-corrected chi connectivity index (χ1v) is 4.48. The monoisotopic (exact) mass is 232 g/mol. The number of hydrogen-bond acceptors (Lipinski definition) is 1. The molecule has 0 spiro atoms. The second-order valence-electron chi connectivity index (χ2n) is 2.47. The van der Waals surface area contributed by atoms with Crippen LogP contribution in [0.25, 0.3) is 0 Å². The van der Waals surface area contributed by atoms with Crippen molar-refractivity contribution >= 4 is 15.9 Å². The van der Waals surface area contributed by atoms with Crippen molar-refractivity contribution in [2.75, 3.05) is 13.3 Å². The third kappa shape index (κ3) is 2.48. The lowest BCUT2D eigenvalue weighted by molar-refractivity contribution is 0.272. The highest BCUT2D eigenvalue weighted by molar-refractivity contribution is 9.10. The molecule has 0 aromatic heterocycles. The largest absolute Gasteiger partial charge is 0.490 e. The van der Waals surface area contributed by atoms with Crippen LogP contribution < -0.4 is 4.74 Å². The molecule has 0 heterocycles. The Labute approximate surface area is 79.7 Å². The van der Waals surface area contributed by atoms with Crippen molar-refractivity contribution in [3.63, 3.8) is 0 Å². The summed E-state index contributed by atoms with van der Waals surface area (Å²) in [5, 5.41) is 0. The lowest BCUT2D eigenvalue weighted by Crippen LogP contribution is -1.99. The van der Waals surface area contributed by atoms with Crippen molar-refractivity contribution in [2.24, 2.45) is 0 Å². The minimum absolute atomic E-state index is 0.113. The van der Waals surface area contributed by atoms with Crippen LogP contribution in [0.3, 0.4) is 0 Å². The van der Waals surface area contributed by atoms with Gasteiger partial charge in [-0.05, 0) is 40.5 Å². The molecule has 0 unspecified atom stereocenters. The zero-order valence-electron chi connectivity index (χ0n) is 6.81. The first kappa shape index (κ1) is 9.52. The van der Waals surface area contributed by atoms with Crippen molar-refractivity contribution in [1.82, 2.24) is 0 Å². The fourth-order valence-electron chi connectivity index (χ4n) is 0.871. The molecule has 1 nitrogen and oxygen atoms in total. The van der Waals surface area contributed by atoms with Gasteiger partial charge >= 0.3 is 0 Å². The molecule has 0 radical (unpaired) electrons. The van der Waals surface area contributed by atoms with Gasteiger partial charge in [0, 0.05) is 0 Å². The molecule has 0 aliphatic rings. The molecule has 0 saturated heterocycles. The van der Waals surface area contributed by atoms with E-state index in [1.807, 2.05) is 25.1 Å². The molecule has 1 aromatic carbocycles. The van der Waals surface area contributed by atoms with Crippen LogP contribution in [0, 0.1) is 6.92 Å². The number of benzene rings is 1.